The number of hydrogen-bond acceptors (Lipinski definition) is 10. The number of aliphatic hydroxyl groups excluding tert-OH is 1. The Balaban J connectivity index is 1.16. The molecular formula is C38H52IN10O9-. The molecule has 9 N–H and O–H groups in total. The van der Waals surface area contributed by atoms with E-state index in [1.54, 1.807) is 20.0 Å². The molecule has 0 radical (unpaired) electrons. The van der Waals surface area contributed by atoms with Gasteiger partial charge >= 0.3 is 210 Å². The number of para-hydroxylation sites is 1. The molecule has 0 bridgehead atoms. The van der Waals surface area contributed by atoms with Crippen LogP contribution in [-0.4, -0.2) is 118 Å². The molecule has 6 amide bonds. The van der Waals surface area contributed by atoms with Gasteiger partial charge in [-0.25, -0.2) is 4.79 Å². The van der Waals surface area contributed by atoms with Crippen molar-refractivity contribution in [3.63, 3.8) is 0 Å². The minimum atomic E-state index is -1.28. The Bertz CT molecular complexity index is 2080. The van der Waals surface area contributed by atoms with E-state index in [1.807, 2.05) is 24.3 Å². The van der Waals surface area contributed by atoms with Gasteiger partial charge in [-0.3, -0.25) is 4.79 Å². The Morgan fingerprint density at radius 3 is 2.50 bits per heavy atom. The maximum absolute atomic E-state index is 14.2. The molecule has 2 saturated heterocycles. The number of urea groups is 1. The summed E-state index contributed by atoms with van der Waals surface area (Å²) in [7, 11) is 0. The van der Waals surface area contributed by atoms with Crippen LogP contribution in [0.5, 0.6) is 0 Å². The van der Waals surface area contributed by atoms with Gasteiger partial charge in [-0.2, -0.15) is 0 Å². The number of rotatable bonds is 15. The molecule has 1 aromatic carbocycles. The van der Waals surface area contributed by atoms with Crippen LogP contribution in [0.2, 0.25) is 0 Å². The van der Waals surface area contributed by atoms with Crippen LogP contribution in [0.15, 0.2) is 52.3 Å². The van der Waals surface area contributed by atoms with Gasteiger partial charge in [0.1, 0.15) is 6.04 Å². The van der Waals surface area contributed by atoms with E-state index in [0.717, 1.165) is 48.6 Å². The third kappa shape index (κ3) is 10.1. The van der Waals surface area contributed by atoms with Crippen LogP contribution < -0.4 is 59.7 Å². The number of halogens is 1. The molecule has 316 valence electrons. The Morgan fingerprint density at radius 1 is 1.03 bits per heavy atom. The molecule has 1 aliphatic carbocycles. The van der Waals surface area contributed by atoms with Crippen molar-refractivity contribution in [1.82, 2.24) is 44.0 Å². The predicted octanol–water partition coefficient (Wildman–Crippen LogP) is -3.85. The van der Waals surface area contributed by atoms with Gasteiger partial charge in [-0.05, 0) is 18.6 Å². The number of nitrogens with two attached hydrogens (primary N) is 1. The Labute approximate surface area is 344 Å². The van der Waals surface area contributed by atoms with E-state index in [-0.39, 0.29) is 31.2 Å². The number of hydrazine groups is 1. The van der Waals surface area contributed by atoms with Crippen LogP contribution >= 0.6 is 0 Å². The summed E-state index contributed by atoms with van der Waals surface area (Å²) >= 11 is -1.28. The van der Waals surface area contributed by atoms with Crippen molar-refractivity contribution in [3.8, 4) is 0 Å². The number of nitrogens with one attached hydrogen (secondary N) is 6. The van der Waals surface area contributed by atoms with E-state index in [2.05, 4.69) is 31.2 Å². The third-order valence-corrected chi connectivity index (χ3v) is 13.9. The van der Waals surface area contributed by atoms with Gasteiger partial charge in [0.2, 0.25) is 5.91 Å². The van der Waals surface area contributed by atoms with E-state index in [0.29, 0.717) is 13.0 Å². The summed E-state index contributed by atoms with van der Waals surface area (Å²) in [5.41, 5.74) is 6.31. The van der Waals surface area contributed by atoms with Crippen molar-refractivity contribution < 1.29 is 55.3 Å². The molecule has 2 aliphatic heterocycles. The summed E-state index contributed by atoms with van der Waals surface area (Å²) in [5.74, 6) is -2.06. The van der Waals surface area contributed by atoms with Crippen molar-refractivity contribution >= 4 is 40.6 Å². The molecule has 3 aromatic rings. The van der Waals surface area contributed by atoms with Gasteiger partial charge < -0.3 is 15.6 Å². The number of ether oxygens (including phenoxy) is 1. The maximum atomic E-state index is 14.2. The SMILES string of the molecule is CCNC(=O)[C@H](Cc1c[nH]c2ccccc12)NC(=O)N[C@@H](CC1CCCCC1)C(=O)N[C@@H]1C(=O)N(CC2C[C@@H](O)[C@H]([I-]n3ccc(=O)[nH]c3=O)O2)N(C(=O)CN)[C@H]1C. The number of H-pyrrole nitrogens is 2. The average molecular weight is 920 g/mol. The zero-order valence-electron chi connectivity index (χ0n) is 32.4. The van der Waals surface area contributed by atoms with Gasteiger partial charge in [0, 0.05) is 30.1 Å². The van der Waals surface area contributed by atoms with Crippen LogP contribution in [0.4, 0.5) is 4.79 Å². The topological polar surface area (TPSA) is 266 Å². The monoisotopic (exact) mass is 919 g/mol. The molecule has 7 atom stereocenters. The zero-order valence-corrected chi connectivity index (χ0v) is 34.6. The number of carbonyl (C=O) groups is 5. The first-order chi connectivity index (χ1) is 27.9. The van der Waals surface area contributed by atoms with Crippen molar-refractivity contribution in [2.24, 2.45) is 11.7 Å². The molecule has 3 aliphatic rings. The molecule has 1 unspecified atom stereocenters. The van der Waals surface area contributed by atoms with E-state index >= 15 is 0 Å². The van der Waals surface area contributed by atoms with Crippen LogP contribution in [0.25, 0.3) is 10.9 Å². The summed E-state index contributed by atoms with van der Waals surface area (Å²) in [6.07, 6.45) is 6.81. The number of benzene rings is 1. The van der Waals surface area contributed by atoms with Crippen molar-refractivity contribution in [3.05, 3.63) is 69.1 Å². The van der Waals surface area contributed by atoms with E-state index in [1.165, 1.54) is 25.1 Å². The summed E-state index contributed by atoms with van der Waals surface area (Å²) in [4.78, 5) is 97.6. The molecule has 19 nitrogen and oxygen atoms in total. The van der Waals surface area contributed by atoms with Gasteiger partial charge in [-0.1, -0.05) is 50.3 Å². The molecule has 0 spiro atoms. The van der Waals surface area contributed by atoms with Crippen LogP contribution in [0.1, 0.15) is 64.4 Å². The molecule has 4 heterocycles. The standard InChI is InChI=1S/C38H52IN10O9/c1-3-41-34(53)28(16-23-19-42-26-12-8-7-11-25(23)26)44-37(56)43-27(15-22-9-5-4-6-10-22)35(54)46-32-21(2)49(31(52)18-40)48(36(32)55)20-24-17-29(50)33(58-24)39-47-14-13-30(51)45-38(47)57/h7-8,11-14,19,21-22,24,27-29,32-33,42,50H,3-6,9-10,15-18,20,40H2,1-2H3,(H,41,53)(H,46,54)(H2,43,44,56)(H,45,51,57)/q-1/t21-,24?,27-,28-,29+,32-,33+/m0/s1. The Hall–Kier alpha value is -4.80. The number of nitrogens with zero attached hydrogens (tertiary/aromatic N) is 3. The zero-order chi connectivity index (χ0) is 41.5. The van der Waals surface area contributed by atoms with Crippen LogP contribution in [0, 0.1) is 5.92 Å². The van der Waals surface area contributed by atoms with E-state index in [4.69, 9.17) is 10.5 Å². The van der Waals surface area contributed by atoms with Gasteiger partial charge in [-0.15, -0.1) is 0 Å². The molecule has 1 saturated carbocycles. The fraction of sp³-hybridized carbons (Fsp3) is 0.553. The number of likely N-dealkylation sites (N-methyl/N-ethyl adjacent to an activating group) is 1. The number of carbonyl (C=O) groups excluding carboxylic acids is 5. The Kier molecular flexibility index (Phi) is 14.2. The fourth-order valence-corrected chi connectivity index (χ4v) is 10.5. The fourth-order valence-electron chi connectivity index (χ4n) is 7.96. The molecule has 6 rings (SSSR count). The van der Waals surface area contributed by atoms with Crippen molar-refractivity contribution in [1.29, 1.82) is 0 Å². The van der Waals surface area contributed by atoms with Gasteiger partial charge in [0.25, 0.3) is 0 Å². The number of amides is 6. The number of aliphatic hydroxyl groups is 1. The van der Waals surface area contributed by atoms with E-state index in [9.17, 15) is 38.7 Å². The number of hydrogen-bond donors (Lipinski definition) is 8. The second-order valence-electron chi connectivity index (χ2n) is 14.9. The van der Waals surface area contributed by atoms with Crippen molar-refractivity contribution in [2.45, 2.75) is 106 Å². The Morgan fingerprint density at radius 2 is 1.78 bits per heavy atom. The molecular weight excluding hydrogens is 867 g/mol. The molecule has 2 aromatic heterocycles. The first-order valence-electron chi connectivity index (χ1n) is 19.7. The molecule has 3 fully saturated rings. The summed E-state index contributed by atoms with van der Waals surface area (Å²) in [5, 5.41) is 25.3. The average Bonchev–Trinajstić information content (AvgIpc) is 3.84. The quantitative estimate of drug-likeness (QED) is 0.0544. The normalized spacial score (nSPS) is 23.5. The van der Waals surface area contributed by atoms with Crippen LogP contribution in [0.3, 0.4) is 0 Å². The summed E-state index contributed by atoms with van der Waals surface area (Å²) in [6.45, 7) is 3.16. The number of aromatic nitrogens is 3. The number of fused-ring (bicyclic) bond motifs is 1. The van der Waals surface area contributed by atoms with Crippen LogP contribution in [-0.2, 0) is 30.3 Å². The number of aromatic amines is 2. The third-order valence-electron chi connectivity index (χ3n) is 10.9. The first kappa shape index (κ1) is 42.8. The number of alkyl halides is 1. The predicted molar refractivity (Wildman–Crippen MR) is 206 cm³/mol. The second kappa shape index (κ2) is 19.3. The van der Waals surface area contributed by atoms with Crippen molar-refractivity contribution in [2.75, 3.05) is 19.6 Å². The minimum absolute atomic E-state index is 0.0996. The summed E-state index contributed by atoms with van der Waals surface area (Å²) in [6, 6.07) is 3.99. The second-order valence-corrected chi connectivity index (χ2v) is 17.8. The first-order valence-corrected chi connectivity index (χ1v) is 21.9. The molecule has 20 heteroatoms. The van der Waals surface area contributed by atoms with E-state index < -0.39 is 104 Å². The van der Waals surface area contributed by atoms with Gasteiger partial charge in [0.05, 0.1) is 0 Å². The summed E-state index contributed by atoms with van der Waals surface area (Å²) < 4.78 is 6.64. The van der Waals surface area contributed by atoms with Gasteiger partial charge in [0.15, 0.2) is 0 Å². The molecule has 58 heavy (non-hydrogen) atoms.